The van der Waals surface area contributed by atoms with Crippen molar-refractivity contribution in [1.82, 2.24) is 0 Å². The van der Waals surface area contributed by atoms with Crippen molar-refractivity contribution in [2.45, 2.75) is 53.4 Å². The van der Waals surface area contributed by atoms with Crippen LogP contribution in [0.4, 0.5) is 0 Å². The Morgan fingerprint density at radius 2 is 1.42 bits per heavy atom. The molecule has 0 saturated carbocycles. The second-order valence-corrected chi connectivity index (χ2v) is 4.02. The fourth-order valence-corrected chi connectivity index (χ4v) is 0.250. The number of hydrogen-bond donors (Lipinski definition) is 0. The van der Waals surface area contributed by atoms with Gasteiger partial charge in [0.15, 0.2) is 0 Å². The van der Waals surface area contributed by atoms with Gasteiger partial charge in [0.25, 0.3) is 0 Å². The summed E-state index contributed by atoms with van der Waals surface area (Å²) in [7, 11) is 0. The Morgan fingerprint density at radius 3 is 1.42 bits per heavy atom. The molecule has 0 N–H and O–H groups in total. The molecule has 0 aliphatic rings. The van der Waals surface area contributed by atoms with E-state index in [9.17, 15) is 0 Å². The standard InChI is InChI=1S/C6H13.C5H11.W/c1-5-6(2,3)4;1-3-5-4-2;/h1,5H2,2-4H3;1,3-5H2,2H3;/q2*-1;+2. The van der Waals surface area contributed by atoms with Gasteiger partial charge in [-0.25, -0.2) is 0 Å². The first-order valence-corrected chi connectivity index (χ1v) is 4.56. The van der Waals surface area contributed by atoms with E-state index < -0.39 is 0 Å². The van der Waals surface area contributed by atoms with Crippen LogP contribution in [0, 0.1) is 19.3 Å². The van der Waals surface area contributed by atoms with Crippen molar-refractivity contribution < 1.29 is 21.1 Å². The van der Waals surface area contributed by atoms with Crippen LogP contribution in [0.3, 0.4) is 0 Å². The van der Waals surface area contributed by atoms with Crippen LogP contribution in [0.2, 0.25) is 0 Å². The smallest absolute Gasteiger partial charge is 0.343 e. The summed E-state index contributed by atoms with van der Waals surface area (Å²) in [5.74, 6) is 0. The van der Waals surface area contributed by atoms with Gasteiger partial charge in [-0.15, -0.1) is 0 Å². The third kappa shape index (κ3) is 31.0. The molecule has 0 fully saturated rings. The molecule has 0 aromatic carbocycles. The topological polar surface area (TPSA) is 0 Å². The van der Waals surface area contributed by atoms with Crippen molar-refractivity contribution in [1.29, 1.82) is 0 Å². The molecule has 0 spiro atoms. The second-order valence-electron chi connectivity index (χ2n) is 4.02. The number of unbranched alkanes of at least 4 members (excludes halogenated alkanes) is 2. The molecule has 74 valence electrons. The van der Waals surface area contributed by atoms with Crippen molar-refractivity contribution in [3.63, 3.8) is 0 Å². The van der Waals surface area contributed by atoms with Gasteiger partial charge in [-0.1, -0.05) is 46.0 Å². The predicted molar refractivity (Wildman–Crippen MR) is 54.3 cm³/mol. The van der Waals surface area contributed by atoms with Gasteiger partial charge in [0.2, 0.25) is 0 Å². The van der Waals surface area contributed by atoms with Gasteiger partial charge in [0, 0.05) is 0 Å². The second kappa shape index (κ2) is 11.7. The van der Waals surface area contributed by atoms with E-state index in [1.165, 1.54) is 12.8 Å². The molecule has 0 nitrogen and oxygen atoms in total. The summed E-state index contributed by atoms with van der Waals surface area (Å²) >= 11 is 0. The van der Waals surface area contributed by atoms with Crippen molar-refractivity contribution in [3.05, 3.63) is 13.8 Å². The summed E-state index contributed by atoms with van der Waals surface area (Å²) in [4.78, 5) is 0. The Balaban J connectivity index is -0.000000126. The molecule has 0 aromatic rings. The average Bonchev–Trinajstić information content (AvgIpc) is 1.90. The zero-order valence-electron chi connectivity index (χ0n) is 9.15. The molecule has 0 aromatic heterocycles. The molecule has 0 rings (SSSR count). The monoisotopic (exact) mass is 340 g/mol. The predicted octanol–water partition coefficient (Wildman–Crippen LogP) is 4.26. The van der Waals surface area contributed by atoms with Gasteiger partial charge in [-0.05, 0) is 0 Å². The van der Waals surface area contributed by atoms with Crippen LogP contribution >= 0.6 is 0 Å². The van der Waals surface area contributed by atoms with Gasteiger partial charge >= 0.3 is 21.1 Å². The molecule has 0 bridgehead atoms. The molecule has 0 amide bonds. The summed E-state index contributed by atoms with van der Waals surface area (Å²) in [6.45, 7) is 16.1. The van der Waals surface area contributed by atoms with E-state index in [0.29, 0.717) is 5.41 Å². The van der Waals surface area contributed by atoms with Crippen LogP contribution in [0.1, 0.15) is 53.4 Å². The maximum absolute atomic E-state index is 3.76. The van der Waals surface area contributed by atoms with Gasteiger partial charge < -0.3 is 13.8 Å². The molecular weight excluding hydrogens is 316 g/mol. The maximum Gasteiger partial charge on any atom is 2.00 e. The van der Waals surface area contributed by atoms with Crippen molar-refractivity contribution in [2.24, 2.45) is 5.41 Å². The van der Waals surface area contributed by atoms with Gasteiger partial charge in [0.1, 0.15) is 0 Å². The minimum atomic E-state index is 0. The largest absolute Gasteiger partial charge is 2.00 e. The Bertz CT molecular complexity index is 59.9. The maximum atomic E-state index is 3.76. The molecule has 12 heavy (non-hydrogen) atoms. The quantitative estimate of drug-likeness (QED) is 0.659. The van der Waals surface area contributed by atoms with Crippen molar-refractivity contribution in [2.75, 3.05) is 0 Å². The van der Waals surface area contributed by atoms with E-state index in [1.807, 2.05) is 0 Å². The van der Waals surface area contributed by atoms with Crippen LogP contribution in [-0.2, 0) is 21.1 Å². The van der Waals surface area contributed by atoms with E-state index >= 15 is 0 Å². The molecule has 0 radical (unpaired) electrons. The van der Waals surface area contributed by atoms with Crippen molar-refractivity contribution >= 4 is 0 Å². The Hall–Kier alpha value is 0.688. The molecule has 0 heterocycles. The fraction of sp³-hybridized carbons (Fsp3) is 0.818. The molecule has 0 aliphatic heterocycles. The Kier molecular flexibility index (Phi) is 18.0. The summed E-state index contributed by atoms with van der Waals surface area (Å²) in [6.07, 6.45) is 4.67. The summed E-state index contributed by atoms with van der Waals surface area (Å²) in [5.41, 5.74) is 0.431. The summed E-state index contributed by atoms with van der Waals surface area (Å²) in [6, 6.07) is 0. The zero-order valence-corrected chi connectivity index (χ0v) is 12.1. The Morgan fingerprint density at radius 1 is 1.08 bits per heavy atom. The SMILES string of the molecule is [CH2-]CC(C)(C)C.[CH2-]CCCC.[W+2]. The average molecular weight is 340 g/mol. The van der Waals surface area contributed by atoms with Crippen LogP contribution in [0.25, 0.3) is 0 Å². The van der Waals surface area contributed by atoms with Gasteiger partial charge in [0.05, 0.1) is 0 Å². The third-order valence-corrected chi connectivity index (χ3v) is 1.35. The molecule has 0 unspecified atom stereocenters. The van der Waals surface area contributed by atoms with E-state index in [4.69, 9.17) is 0 Å². The normalized spacial score (nSPS) is 9.50. The van der Waals surface area contributed by atoms with Crippen molar-refractivity contribution in [3.8, 4) is 0 Å². The fourth-order valence-electron chi connectivity index (χ4n) is 0.250. The van der Waals surface area contributed by atoms with Crippen LogP contribution < -0.4 is 0 Å². The molecular formula is C11H24W. The first-order valence-electron chi connectivity index (χ1n) is 4.56. The zero-order chi connectivity index (χ0) is 9.33. The molecule has 0 atom stereocenters. The minimum absolute atomic E-state index is 0. The van der Waals surface area contributed by atoms with E-state index in [2.05, 4.69) is 41.5 Å². The number of hydrogen-bond acceptors (Lipinski definition) is 0. The molecule has 0 aliphatic carbocycles. The molecule has 0 saturated heterocycles. The summed E-state index contributed by atoms with van der Waals surface area (Å²) in [5, 5.41) is 0. The first kappa shape index (κ1) is 18.5. The third-order valence-electron chi connectivity index (χ3n) is 1.35. The van der Waals surface area contributed by atoms with Crippen LogP contribution in [-0.4, -0.2) is 0 Å². The van der Waals surface area contributed by atoms with Crippen LogP contribution in [0.5, 0.6) is 0 Å². The van der Waals surface area contributed by atoms with Crippen LogP contribution in [0.15, 0.2) is 0 Å². The van der Waals surface area contributed by atoms with E-state index in [0.717, 1.165) is 12.8 Å². The Labute approximate surface area is 93.8 Å². The van der Waals surface area contributed by atoms with Gasteiger partial charge in [-0.2, -0.15) is 12.8 Å². The van der Waals surface area contributed by atoms with Gasteiger partial charge in [-0.3, -0.25) is 0 Å². The van der Waals surface area contributed by atoms with E-state index in [-0.39, 0.29) is 21.1 Å². The first-order chi connectivity index (χ1) is 4.97. The summed E-state index contributed by atoms with van der Waals surface area (Å²) < 4.78 is 0. The number of rotatable bonds is 2. The molecule has 1 heteroatoms. The van der Waals surface area contributed by atoms with E-state index in [1.54, 1.807) is 0 Å². The minimum Gasteiger partial charge on any atom is -0.343 e.